The van der Waals surface area contributed by atoms with Crippen LogP contribution in [0, 0.1) is 11.8 Å². The molecule has 2 aliphatic rings. The molecule has 1 unspecified atom stereocenters. The second kappa shape index (κ2) is 11.8. The maximum Gasteiger partial charge on any atom is 0.386 e. The molecule has 5 aromatic heterocycles. The number of nitrogens with one attached hydrogen (secondary N) is 1. The summed E-state index contributed by atoms with van der Waals surface area (Å²) < 4.78 is 40.7. The molecule has 0 spiro atoms. The molecule has 240 valence electrons. The molecule has 0 radical (unpaired) electrons. The minimum atomic E-state index is -3.87. The third kappa shape index (κ3) is 6.07. The average Bonchev–Trinajstić information content (AvgIpc) is 3.77. The number of hydrogen-bond donors (Lipinski definition) is 5. The van der Waals surface area contributed by atoms with Crippen molar-refractivity contribution < 1.29 is 32.7 Å². The Kier molecular flexibility index (Phi) is 8.09. The first-order valence-corrected chi connectivity index (χ1v) is 19.1. The molecular formula is C23H28N10O8P2S2. The summed E-state index contributed by atoms with van der Waals surface area (Å²) in [4.78, 5) is 56.0. The molecular weight excluding hydrogens is 670 g/mol. The van der Waals surface area contributed by atoms with E-state index >= 15 is 0 Å². The van der Waals surface area contributed by atoms with Gasteiger partial charge in [-0.2, -0.15) is 0 Å². The highest BCUT2D eigenvalue weighted by atomic mass is 32.7. The maximum absolute atomic E-state index is 13.2. The zero-order chi connectivity index (χ0) is 31.5. The van der Waals surface area contributed by atoms with Crippen molar-refractivity contribution in [2.75, 3.05) is 25.6 Å². The van der Waals surface area contributed by atoms with Crippen LogP contribution < -0.4 is 11.3 Å². The number of ether oxygens (including phenoxy) is 1. The normalized spacial score (nSPS) is 25.3. The van der Waals surface area contributed by atoms with E-state index in [9.17, 15) is 19.1 Å². The Hall–Kier alpha value is -2.77. The molecule has 22 heteroatoms. The van der Waals surface area contributed by atoms with Crippen LogP contribution in [0.2, 0.25) is 0 Å². The lowest BCUT2D eigenvalue weighted by atomic mass is 9.70. The third-order valence-corrected chi connectivity index (χ3v) is 10.6. The van der Waals surface area contributed by atoms with E-state index in [1.54, 1.807) is 17.1 Å². The van der Waals surface area contributed by atoms with Gasteiger partial charge in [-0.3, -0.25) is 13.9 Å². The van der Waals surface area contributed by atoms with E-state index in [4.69, 9.17) is 24.0 Å². The van der Waals surface area contributed by atoms with Crippen LogP contribution in [0.1, 0.15) is 31.5 Å². The maximum atomic E-state index is 13.2. The quantitative estimate of drug-likeness (QED) is 0.0980. The number of thiol groups is 1. The van der Waals surface area contributed by atoms with Crippen molar-refractivity contribution in [1.29, 1.82) is 0 Å². The highest BCUT2D eigenvalue weighted by Crippen LogP contribution is 2.56. The number of hydrogen-bond acceptors (Lipinski definition) is 13. The predicted molar refractivity (Wildman–Crippen MR) is 166 cm³/mol. The number of aromatic nitrogens is 9. The first-order valence-electron chi connectivity index (χ1n) is 13.8. The van der Waals surface area contributed by atoms with Crippen LogP contribution in [0.3, 0.4) is 0 Å². The van der Waals surface area contributed by atoms with Gasteiger partial charge in [-0.25, -0.2) is 33.9 Å². The molecule has 7 rings (SSSR count). The summed E-state index contributed by atoms with van der Waals surface area (Å²) in [6, 6.07) is -0.208. The topological polar surface area (TPSA) is 232 Å². The van der Waals surface area contributed by atoms with Gasteiger partial charge in [0.05, 0.1) is 38.6 Å². The van der Waals surface area contributed by atoms with E-state index in [0.29, 0.717) is 41.9 Å². The van der Waals surface area contributed by atoms with Crippen molar-refractivity contribution in [2.24, 2.45) is 11.8 Å². The highest BCUT2D eigenvalue weighted by Gasteiger charge is 2.45. The molecule has 45 heavy (non-hydrogen) atoms. The van der Waals surface area contributed by atoms with Crippen LogP contribution in [0.4, 0.5) is 5.82 Å². The van der Waals surface area contributed by atoms with Crippen LogP contribution in [0.5, 0.6) is 0 Å². The molecule has 2 fully saturated rings. The van der Waals surface area contributed by atoms with Crippen LogP contribution in [-0.2, 0) is 34.7 Å². The molecule has 5 N–H and O–H groups in total. The second-order valence-electron chi connectivity index (χ2n) is 10.8. The van der Waals surface area contributed by atoms with Gasteiger partial charge in [0, 0.05) is 24.4 Å². The van der Waals surface area contributed by atoms with Gasteiger partial charge < -0.3 is 38.9 Å². The molecule has 1 aliphatic heterocycles. The van der Waals surface area contributed by atoms with Crippen molar-refractivity contribution in [3.8, 4) is 0 Å². The van der Waals surface area contributed by atoms with Gasteiger partial charge in [0.1, 0.15) is 23.7 Å². The SMILES string of the molecule is Nc1ncnc2c1ncn2[C@@H]1C[C@H](COP(O)(O)=S)[C@H]1COP(=O)(S)OC[C@@H]1CC[C@H](n2cnc3c(=O)n4ccnc4[nH]c32)O1. The fraction of sp³-hybridized carbons (Fsp3) is 0.478. The first kappa shape index (κ1) is 30.9. The minimum absolute atomic E-state index is 0.0338. The van der Waals surface area contributed by atoms with Crippen LogP contribution >= 0.6 is 25.8 Å². The Balaban J connectivity index is 0.992. The van der Waals surface area contributed by atoms with Crippen molar-refractivity contribution in [3.63, 3.8) is 0 Å². The highest BCUT2D eigenvalue weighted by molar-refractivity contribution is 8.44. The lowest BCUT2D eigenvalue weighted by Crippen LogP contribution is -2.43. The fourth-order valence-electron chi connectivity index (χ4n) is 5.89. The zero-order valence-corrected chi connectivity index (χ0v) is 26.8. The van der Waals surface area contributed by atoms with Crippen molar-refractivity contribution >= 4 is 71.5 Å². The molecule has 0 aromatic carbocycles. The lowest BCUT2D eigenvalue weighted by molar-refractivity contribution is -0.0221. The van der Waals surface area contributed by atoms with E-state index in [-0.39, 0.29) is 54.6 Å². The number of H-pyrrole nitrogens is 1. The summed E-state index contributed by atoms with van der Waals surface area (Å²) >= 11 is 8.78. The Labute approximate surface area is 263 Å². The third-order valence-electron chi connectivity index (χ3n) is 8.18. The molecule has 1 aliphatic carbocycles. The van der Waals surface area contributed by atoms with Crippen molar-refractivity contribution in [2.45, 2.75) is 37.6 Å². The van der Waals surface area contributed by atoms with E-state index in [0.717, 1.165) is 0 Å². The summed E-state index contributed by atoms with van der Waals surface area (Å²) in [7, 11) is 0. The number of nitrogen functional groups attached to an aromatic ring is 1. The smallest absolute Gasteiger partial charge is 0.382 e. The average molecular weight is 699 g/mol. The predicted octanol–water partition coefficient (Wildman–Crippen LogP) is 1.95. The number of fused-ring (bicyclic) bond motifs is 3. The lowest BCUT2D eigenvalue weighted by Gasteiger charge is -2.45. The number of aromatic amines is 1. The van der Waals surface area contributed by atoms with Crippen molar-refractivity contribution in [1.82, 2.24) is 43.4 Å². The molecule has 1 saturated carbocycles. The summed E-state index contributed by atoms with van der Waals surface area (Å²) in [5.41, 5.74) is 7.36. The van der Waals surface area contributed by atoms with Gasteiger partial charge in [0.15, 0.2) is 17.0 Å². The van der Waals surface area contributed by atoms with Gasteiger partial charge in [-0.05, 0) is 37.0 Å². The van der Waals surface area contributed by atoms with Gasteiger partial charge in [-0.1, -0.05) is 12.2 Å². The van der Waals surface area contributed by atoms with Gasteiger partial charge in [-0.15, -0.1) is 0 Å². The number of nitrogens with zero attached hydrogens (tertiary/aromatic N) is 8. The van der Waals surface area contributed by atoms with E-state index in [1.807, 2.05) is 4.57 Å². The zero-order valence-electron chi connectivity index (χ0n) is 23.3. The Bertz CT molecular complexity index is 2040. The largest absolute Gasteiger partial charge is 0.386 e. The second-order valence-corrected chi connectivity index (χ2v) is 16.4. The molecule has 0 amide bonds. The fourth-order valence-corrected chi connectivity index (χ4v) is 7.65. The van der Waals surface area contributed by atoms with Gasteiger partial charge >= 0.3 is 13.5 Å². The van der Waals surface area contributed by atoms with Crippen LogP contribution in [-0.4, -0.2) is 79.2 Å². The van der Waals surface area contributed by atoms with E-state index < -0.39 is 25.8 Å². The Morgan fingerprint density at radius 3 is 2.67 bits per heavy atom. The number of imidazole rings is 3. The molecule has 1 saturated heterocycles. The minimum Gasteiger partial charge on any atom is -0.382 e. The van der Waals surface area contributed by atoms with Crippen LogP contribution in [0.25, 0.3) is 28.1 Å². The van der Waals surface area contributed by atoms with E-state index in [2.05, 4.69) is 54.0 Å². The molecule has 0 bridgehead atoms. The summed E-state index contributed by atoms with van der Waals surface area (Å²) in [5.74, 6) is 0.107. The summed E-state index contributed by atoms with van der Waals surface area (Å²) in [6.07, 6.45) is 8.43. The Morgan fingerprint density at radius 1 is 1.07 bits per heavy atom. The van der Waals surface area contributed by atoms with Crippen LogP contribution in [0.15, 0.2) is 36.2 Å². The van der Waals surface area contributed by atoms with E-state index in [1.165, 1.54) is 23.3 Å². The molecule has 18 nitrogen and oxygen atoms in total. The molecule has 6 heterocycles. The summed E-state index contributed by atoms with van der Waals surface area (Å²) in [6.45, 7) is -7.86. The number of anilines is 1. The van der Waals surface area contributed by atoms with Crippen molar-refractivity contribution in [3.05, 3.63) is 41.7 Å². The standard InChI is InChI=1S/C23H28N10O8P2S2/c24-19-17-20(27-9-26-19)32(10-28-17)15-5-12(6-38-42(35,36)44)14(15)8-40-43(37,45)39-7-13-1-2-16(41-13)33-11-29-18-21(33)30-23-25-3-4-31(23)22(18)34/h3-4,9-16H,1-2,5-8H2,(H,25,30)(H,37,45)(H2,24,26,27)(H2,35,36,44)/t12-,13+,14-,15-,16-,43?/m1/s1. The number of nitrogens with two attached hydrogens (primary N) is 1. The van der Waals surface area contributed by atoms with Gasteiger partial charge in [0.25, 0.3) is 5.56 Å². The summed E-state index contributed by atoms with van der Waals surface area (Å²) in [5, 5.41) is 0. The molecule has 6 atom stereocenters. The molecule has 5 aromatic rings. The first-order chi connectivity index (χ1) is 21.5. The Morgan fingerprint density at radius 2 is 1.84 bits per heavy atom. The van der Waals surface area contributed by atoms with Gasteiger partial charge in [0.2, 0.25) is 5.78 Å². The monoisotopic (exact) mass is 698 g/mol. The number of rotatable bonds is 11.